The molecule has 0 aliphatic heterocycles. The number of rotatable bonds is 4. The average Bonchev–Trinajstić information content (AvgIpc) is 3.00. The molecule has 0 spiro atoms. The molecule has 94 valence electrons. The molecule has 0 aliphatic rings. The van der Waals surface area contributed by atoms with Crippen LogP contribution in [0, 0.1) is 18.3 Å². The lowest BCUT2D eigenvalue weighted by molar-refractivity contribution is 0.427. The highest BCUT2D eigenvalue weighted by Crippen LogP contribution is 2.29. The van der Waals surface area contributed by atoms with Gasteiger partial charge in [0, 0.05) is 10.9 Å². The smallest absolute Gasteiger partial charge is 0.252 e. The minimum Gasteiger partial charge on any atom is -0.326 e. The normalized spacial score (nSPS) is 14.1. The summed E-state index contributed by atoms with van der Waals surface area (Å²) >= 11 is 1.66. The van der Waals surface area contributed by atoms with Gasteiger partial charge in [0.25, 0.3) is 5.82 Å². The second kappa shape index (κ2) is 5.29. The number of hydrogen-bond acceptors (Lipinski definition) is 5. The summed E-state index contributed by atoms with van der Waals surface area (Å²) in [6.45, 7) is 4.10. The molecule has 2 heterocycles. The Morgan fingerprint density at radius 2 is 2.39 bits per heavy atom. The molecule has 5 nitrogen and oxygen atoms in total. The fourth-order valence-electron chi connectivity index (χ4n) is 1.88. The predicted molar refractivity (Wildman–Crippen MR) is 70.2 cm³/mol. The average molecular weight is 261 g/mol. The molecule has 2 aromatic rings. The molecule has 2 aromatic heterocycles. The third-order valence-electron chi connectivity index (χ3n) is 2.94. The molecule has 0 aliphatic carbocycles. The van der Waals surface area contributed by atoms with Gasteiger partial charge in [0.1, 0.15) is 18.4 Å². The van der Waals surface area contributed by atoms with Gasteiger partial charge < -0.3 is 5.73 Å². The molecule has 2 N–H and O–H groups in total. The van der Waals surface area contributed by atoms with Crippen LogP contribution in [0.5, 0.6) is 0 Å². The lowest BCUT2D eigenvalue weighted by Crippen LogP contribution is -2.32. The third kappa shape index (κ3) is 2.28. The van der Waals surface area contributed by atoms with E-state index in [-0.39, 0.29) is 17.9 Å². The molecule has 6 heteroatoms. The fraction of sp³-hybridized carbons (Fsp3) is 0.417. The Hall–Kier alpha value is -1.71. The van der Waals surface area contributed by atoms with Crippen LogP contribution in [-0.4, -0.2) is 20.8 Å². The Labute approximate surface area is 110 Å². The van der Waals surface area contributed by atoms with Gasteiger partial charge >= 0.3 is 0 Å². The first-order chi connectivity index (χ1) is 8.67. The molecular weight excluding hydrogens is 246 g/mol. The Morgan fingerprint density at radius 3 is 2.89 bits per heavy atom. The van der Waals surface area contributed by atoms with Crippen LogP contribution >= 0.6 is 11.3 Å². The maximum absolute atomic E-state index is 8.80. The summed E-state index contributed by atoms with van der Waals surface area (Å²) in [6.07, 6.45) is 2.42. The van der Waals surface area contributed by atoms with E-state index in [1.807, 2.05) is 18.4 Å². The number of aryl methyl sites for hydroxylation is 1. The van der Waals surface area contributed by atoms with E-state index < -0.39 is 0 Å². The molecule has 2 unspecified atom stereocenters. The van der Waals surface area contributed by atoms with Gasteiger partial charge in [-0.3, -0.25) is 0 Å². The highest BCUT2D eigenvalue weighted by atomic mass is 32.1. The third-order valence-corrected chi connectivity index (χ3v) is 4.03. The van der Waals surface area contributed by atoms with Crippen LogP contribution in [0.25, 0.3) is 0 Å². The molecule has 0 fully saturated rings. The molecule has 0 saturated heterocycles. The van der Waals surface area contributed by atoms with E-state index in [0.717, 1.165) is 6.42 Å². The van der Waals surface area contributed by atoms with Crippen LogP contribution in [-0.2, 0) is 0 Å². The molecule has 2 rings (SSSR count). The fourth-order valence-corrected chi connectivity index (χ4v) is 2.98. The van der Waals surface area contributed by atoms with E-state index in [9.17, 15) is 0 Å². The number of nitriles is 1. The standard InChI is InChI=1S/C12H15N5S/c1-3-9(14)11(12-8(2)4-5-18-12)17-7-15-10(6-13)16-17/h4-5,7,9,11H,3,14H2,1-2H3. The molecular formula is C12H15N5S. The number of nitrogens with two attached hydrogens (primary N) is 1. The Balaban J connectivity index is 2.44. The number of thiophene rings is 1. The van der Waals surface area contributed by atoms with Gasteiger partial charge in [0.15, 0.2) is 0 Å². The molecule has 0 amide bonds. The van der Waals surface area contributed by atoms with Crippen molar-refractivity contribution in [2.45, 2.75) is 32.4 Å². The van der Waals surface area contributed by atoms with Crippen LogP contribution < -0.4 is 5.73 Å². The van der Waals surface area contributed by atoms with E-state index >= 15 is 0 Å². The van der Waals surface area contributed by atoms with Crippen molar-refractivity contribution in [3.8, 4) is 6.07 Å². The first-order valence-electron chi connectivity index (χ1n) is 5.78. The van der Waals surface area contributed by atoms with Crippen molar-refractivity contribution in [2.75, 3.05) is 0 Å². The van der Waals surface area contributed by atoms with Crippen molar-refractivity contribution < 1.29 is 0 Å². The van der Waals surface area contributed by atoms with Gasteiger partial charge in [-0.15, -0.1) is 16.4 Å². The molecule has 0 radical (unpaired) electrons. The zero-order valence-corrected chi connectivity index (χ0v) is 11.2. The summed E-state index contributed by atoms with van der Waals surface area (Å²) in [5, 5.41) is 15.0. The van der Waals surface area contributed by atoms with Crippen LogP contribution in [0.2, 0.25) is 0 Å². The van der Waals surface area contributed by atoms with Gasteiger partial charge in [-0.05, 0) is 30.4 Å². The van der Waals surface area contributed by atoms with Crippen LogP contribution in [0.4, 0.5) is 0 Å². The van der Waals surface area contributed by atoms with E-state index in [1.165, 1.54) is 10.4 Å². The van der Waals surface area contributed by atoms with E-state index in [2.05, 4.69) is 23.1 Å². The van der Waals surface area contributed by atoms with Crippen molar-refractivity contribution in [1.29, 1.82) is 5.26 Å². The van der Waals surface area contributed by atoms with E-state index in [4.69, 9.17) is 11.0 Å². The first-order valence-corrected chi connectivity index (χ1v) is 6.66. The van der Waals surface area contributed by atoms with Crippen molar-refractivity contribution in [3.05, 3.63) is 34.0 Å². The number of nitrogens with zero attached hydrogens (tertiary/aromatic N) is 4. The quantitative estimate of drug-likeness (QED) is 0.910. The minimum atomic E-state index is -0.0513. The number of hydrogen-bond donors (Lipinski definition) is 1. The van der Waals surface area contributed by atoms with Crippen LogP contribution in [0.3, 0.4) is 0 Å². The van der Waals surface area contributed by atoms with Gasteiger partial charge in [0.2, 0.25) is 0 Å². The van der Waals surface area contributed by atoms with Crippen LogP contribution in [0.1, 0.15) is 35.7 Å². The zero-order valence-electron chi connectivity index (χ0n) is 10.4. The molecule has 2 atom stereocenters. The Morgan fingerprint density at radius 1 is 1.61 bits per heavy atom. The molecule has 0 saturated carbocycles. The molecule has 0 aromatic carbocycles. The van der Waals surface area contributed by atoms with Crippen LogP contribution in [0.15, 0.2) is 17.8 Å². The second-order valence-corrected chi connectivity index (χ2v) is 5.09. The van der Waals surface area contributed by atoms with Crippen molar-refractivity contribution in [3.63, 3.8) is 0 Å². The summed E-state index contributed by atoms with van der Waals surface area (Å²) in [4.78, 5) is 5.13. The van der Waals surface area contributed by atoms with Crippen molar-refractivity contribution in [1.82, 2.24) is 14.8 Å². The SMILES string of the molecule is CCC(N)C(c1sccc1C)n1cnc(C#N)n1. The monoisotopic (exact) mass is 261 g/mol. The summed E-state index contributed by atoms with van der Waals surface area (Å²) in [7, 11) is 0. The van der Waals surface area contributed by atoms with Gasteiger partial charge in [-0.1, -0.05) is 6.92 Å². The first kappa shape index (κ1) is 12.7. The topological polar surface area (TPSA) is 80.5 Å². The largest absolute Gasteiger partial charge is 0.326 e. The van der Waals surface area contributed by atoms with Crippen molar-refractivity contribution >= 4 is 11.3 Å². The van der Waals surface area contributed by atoms with Crippen molar-refractivity contribution in [2.24, 2.45) is 5.73 Å². The Kier molecular flexibility index (Phi) is 3.75. The summed E-state index contributed by atoms with van der Waals surface area (Å²) in [5.74, 6) is 0.178. The predicted octanol–water partition coefficient (Wildman–Crippen LogP) is 1.85. The van der Waals surface area contributed by atoms with E-state index in [1.54, 1.807) is 22.3 Å². The molecule has 18 heavy (non-hydrogen) atoms. The highest BCUT2D eigenvalue weighted by molar-refractivity contribution is 7.10. The highest BCUT2D eigenvalue weighted by Gasteiger charge is 2.24. The maximum atomic E-state index is 8.80. The van der Waals surface area contributed by atoms with Gasteiger partial charge in [0.05, 0.1) is 0 Å². The Bertz CT molecular complexity index is 565. The van der Waals surface area contributed by atoms with E-state index in [0.29, 0.717) is 0 Å². The lowest BCUT2D eigenvalue weighted by atomic mass is 10.0. The zero-order chi connectivity index (χ0) is 13.1. The summed E-state index contributed by atoms with van der Waals surface area (Å²) in [5.41, 5.74) is 7.39. The van der Waals surface area contributed by atoms with Gasteiger partial charge in [-0.25, -0.2) is 9.67 Å². The summed E-state index contributed by atoms with van der Waals surface area (Å²) < 4.78 is 1.70. The minimum absolute atomic E-state index is 0.0457. The summed E-state index contributed by atoms with van der Waals surface area (Å²) in [6, 6.07) is 3.91. The lowest BCUT2D eigenvalue weighted by Gasteiger charge is -2.22. The second-order valence-electron chi connectivity index (χ2n) is 4.14. The van der Waals surface area contributed by atoms with Gasteiger partial charge in [-0.2, -0.15) is 5.26 Å². The maximum Gasteiger partial charge on any atom is 0.252 e. The molecule has 0 bridgehead atoms. The number of aromatic nitrogens is 3.